The summed E-state index contributed by atoms with van der Waals surface area (Å²) >= 11 is 11.7. The molecule has 1 fully saturated rings. The summed E-state index contributed by atoms with van der Waals surface area (Å²) in [7, 11) is 0. The van der Waals surface area contributed by atoms with Gasteiger partial charge in [-0.05, 0) is 37.0 Å². The van der Waals surface area contributed by atoms with Crippen LogP contribution in [0.3, 0.4) is 0 Å². The van der Waals surface area contributed by atoms with Gasteiger partial charge < -0.3 is 5.32 Å². The minimum absolute atomic E-state index is 0.0136. The molecule has 1 N–H and O–H groups in total. The molecule has 19 heavy (non-hydrogen) atoms. The summed E-state index contributed by atoms with van der Waals surface area (Å²) < 4.78 is 0. The molecule has 1 aromatic carbocycles. The molecule has 0 heterocycles. The smallest absolute Gasteiger partial charge is 0.224 e. The average molecular weight is 297 g/mol. The Morgan fingerprint density at radius 2 is 2.16 bits per heavy atom. The van der Waals surface area contributed by atoms with Gasteiger partial charge in [0.05, 0.1) is 28.5 Å². The molecule has 2 atom stereocenters. The van der Waals surface area contributed by atoms with Gasteiger partial charge in [-0.1, -0.05) is 29.3 Å². The van der Waals surface area contributed by atoms with E-state index >= 15 is 0 Å². The Morgan fingerprint density at radius 1 is 1.37 bits per heavy atom. The van der Waals surface area contributed by atoms with Crippen LogP contribution >= 0.6 is 23.2 Å². The molecule has 0 spiro atoms. The third-order valence-electron chi connectivity index (χ3n) is 3.38. The van der Waals surface area contributed by atoms with E-state index in [9.17, 15) is 4.79 Å². The van der Waals surface area contributed by atoms with Crippen LogP contribution in [-0.2, 0) is 11.2 Å². The molecule has 1 aliphatic carbocycles. The molecule has 0 bridgehead atoms. The van der Waals surface area contributed by atoms with Gasteiger partial charge in [0.2, 0.25) is 5.91 Å². The molecule has 1 saturated carbocycles. The molecule has 2 rings (SSSR count). The van der Waals surface area contributed by atoms with Gasteiger partial charge in [0, 0.05) is 6.04 Å². The Kier molecular flexibility index (Phi) is 4.68. The lowest BCUT2D eigenvalue weighted by molar-refractivity contribution is -0.121. The van der Waals surface area contributed by atoms with E-state index in [0.717, 1.165) is 24.8 Å². The Morgan fingerprint density at radius 3 is 2.84 bits per heavy atom. The molecule has 1 aliphatic rings. The van der Waals surface area contributed by atoms with Crippen LogP contribution in [0.25, 0.3) is 0 Å². The van der Waals surface area contributed by atoms with Crippen LogP contribution in [-0.4, -0.2) is 11.9 Å². The molecule has 0 radical (unpaired) electrons. The largest absolute Gasteiger partial charge is 0.352 e. The minimum Gasteiger partial charge on any atom is -0.352 e. The third-order valence-corrected chi connectivity index (χ3v) is 4.12. The molecule has 1 aromatic rings. The second-order valence-corrected chi connectivity index (χ2v) is 5.58. The molecule has 0 aromatic heterocycles. The van der Waals surface area contributed by atoms with Crippen LogP contribution in [0.2, 0.25) is 10.0 Å². The molecule has 0 saturated heterocycles. The zero-order valence-electron chi connectivity index (χ0n) is 10.3. The predicted octanol–water partition coefficient (Wildman–Crippen LogP) is 3.34. The highest BCUT2D eigenvalue weighted by molar-refractivity contribution is 6.42. The van der Waals surface area contributed by atoms with Crippen molar-refractivity contribution < 1.29 is 4.79 Å². The summed E-state index contributed by atoms with van der Waals surface area (Å²) in [5, 5.41) is 12.8. The Bertz CT molecular complexity index is 525. The number of carbonyl (C=O) groups excluding carboxylic acids is 1. The van der Waals surface area contributed by atoms with Crippen molar-refractivity contribution in [1.82, 2.24) is 5.32 Å². The molecule has 3 nitrogen and oxygen atoms in total. The highest BCUT2D eigenvalue weighted by Gasteiger charge is 2.28. The quantitative estimate of drug-likeness (QED) is 0.930. The van der Waals surface area contributed by atoms with E-state index in [1.165, 1.54) is 0 Å². The first-order valence-corrected chi connectivity index (χ1v) is 6.98. The lowest BCUT2D eigenvalue weighted by Gasteiger charge is -2.15. The lowest BCUT2D eigenvalue weighted by atomic mass is 10.1. The van der Waals surface area contributed by atoms with E-state index < -0.39 is 0 Å². The highest BCUT2D eigenvalue weighted by atomic mass is 35.5. The number of amides is 1. The zero-order valence-corrected chi connectivity index (χ0v) is 11.8. The van der Waals surface area contributed by atoms with Crippen LogP contribution in [0.4, 0.5) is 0 Å². The summed E-state index contributed by atoms with van der Waals surface area (Å²) in [6, 6.07) is 7.39. The standard InChI is InChI=1S/C14H14Cl2N2O/c15-11-5-4-9(6-12(11)16)7-14(19)18-13-3-1-2-10(13)8-17/h4-6,10,13H,1-3,7H2,(H,18,19). The highest BCUT2D eigenvalue weighted by Crippen LogP contribution is 2.25. The first-order valence-electron chi connectivity index (χ1n) is 6.23. The van der Waals surface area contributed by atoms with E-state index in [-0.39, 0.29) is 24.3 Å². The van der Waals surface area contributed by atoms with E-state index in [4.69, 9.17) is 28.5 Å². The van der Waals surface area contributed by atoms with E-state index in [0.29, 0.717) is 10.0 Å². The summed E-state index contributed by atoms with van der Waals surface area (Å²) in [5.74, 6) is -0.136. The fourth-order valence-electron chi connectivity index (χ4n) is 2.38. The summed E-state index contributed by atoms with van der Waals surface area (Å²) in [5.41, 5.74) is 0.818. The van der Waals surface area contributed by atoms with Crippen molar-refractivity contribution in [2.75, 3.05) is 0 Å². The molecule has 100 valence electrons. The normalized spacial score (nSPS) is 21.9. The Hall–Kier alpha value is -1.24. The molecular formula is C14H14Cl2N2O. The molecule has 0 aliphatic heterocycles. The Labute approximate surface area is 122 Å². The lowest BCUT2D eigenvalue weighted by Crippen LogP contribution is -2.37. The summed E-state index contributed by atoms with van der Waals surface area (Å²) in [6.07, 6.45) is 3.00. The van der Waals surface area contributed by atoms with Gasteiger partial charge in [-0.25, -0.2) is 0 Å². The number of halogens is 2. The SMILES string of the molecule is N#CC1CCCC1NC(=O)Cc1ccc(Cl)c(Cl)c1. The number of nitriles is 1. The number of rotatable bonds is 3. The van der Waals surface area contributed by atoms with Crippen LogP contribution in [0.1, 0.15) is 24.8 Å². The first kappa shape index (κ1) is 14.2. The number of hydrogen-bond donors (Lipinski definition) is 1. The number of benzene rings is 1. The Balaban J connectivity index is 1.94. The maximum absolute atomic E-state index is 11.9. The van der Waals surface area contributed by atoms with E-state index in [1.54, 1.807) is 18.2 Å². The van der Waals surface area contributed by atoms with Crippen molar-refractivity contribution in [2.45, 2.75) is 31.7 Å². The second kappa shape index (κ2) is 6.27. The predicted molar refractivity (Wildman–Crippen MR) is 75.1 cm³/mol. The van der Waals surface area contributed by atoms with Crippen molar-refractivity contribution in [1.29, 1.82) is 5.26 Å². The van der Waals surface area contributed by atoms with E-state index in [1.807, 2.05) is 0 Å². The van der Waals surface area contributed by atoms with Gasteiger partial charge in [-0.15, -0.1) is 0 Å². The summed E-state index contributed by atoms with van der Waals surface area (Å²) in [4.78, 5) is 11.9. The maximum Gasteiger partial charge on any atom is 0.224 e. The average Bonchev–Trinajstić information content (AvgIpc) is 2.81. The molecule has 1 amide bonds. The van der Waals surface area contributed by atoms with Crippen molar-refractivity contribution in [3.05, 3.63) is 33.8 Å². The number of hydrogen-bond acceptors (Lipinski definition) is 2. The first-order chi connectivity index (χ1) is 9.10. The van der Waals surface area contributed by atoms with Crippen LogP contribution < -0.4 is 5.32 Å². The van der Waals surface area contributed by atoms with Gasteiger partial charge in [0.15, 0.2) is 0 Å². The molecular weight excluding hydrogens is 283 g/mol. The maximum atomic E-state index is 11.9. The number of carbonyl (C=O) groups is 1. The van der Waals surface area contributed by atoms with Gasteiger partial charge >= 0.3 is 0 Å². The number of nitrogens with one attached hydrogen (secondary N) is 1. The van der Waals surface area contributed by atoms with Crippen molar-refractivity contribution in [2.24, 2.45) is 5.92 Å². The molecule has 2 unspecified atom stereocenters. The fourth-order valence-corrected chi connectivity index (χ4v) is 2.70. The number of nitrogens with zero attached hydrogens (tertiary/aromatic N) is 1. The van der Waals surface area contributed by atoms with Crippen molar-refractivity contribution in [3.8, 4) is 6.07 Å². The van der Waals surface area contributed by atoms with Crippen LogP contribution in [0.15, 0.2) is 18.2 Å². The van der Waals surface area contributed by atoms with Crippen molar-refractivity contribution >= 4 is 29.1 Å². The topological polar surface area (TPSA) is 52.9 Å². The van der Waals surface area contributed by atoms with Gasteiger partial charge in [-0.2, -0.15) is 5.26 Å². The minimum atomic E-state index is -0.0782. The van der Waals surface area contributed by atoms with Crippen molar-refractivity contribution in [3.63, 3.8) is 0 Å². The van der Waals surface area contributed by atoms with Gasteiger partial charge in [-0.3, -0.25) is 4.79 Å². The zero-order chi connectivity index (χ0) is 13.8. The third kappa shape index (κ3) is 3.62. The monoisotopic (exact) mass is 296 g/mol. The van der Waals surface area contributed by atoms with E-state index in [2.05, 4.69) is 11.4 Å². The molecule has 5 heteroatoms. The summed E-state index contributed by atoms with van der Waals surface area (Å²) in [6.45, 7) is 0. The fraction of sp³-hybridized carbons (Fsp3) is 0.429. The van der Waals surface area contributed by atoms with Gasteiger partial charge in [0.25, 0.3) is 0 Å². The van der Waals surface area contributed by atoms with Gasteiger partial charge in [0.1, 0.15) is 0 Å². The second-order valence-electron chi connectivity index (χ2n) is 4.77. The van der Waals surface area contributed by atoms with Crippen LogP contribution in [0, 0.1) is 17.2 Å². The van der Waals surface area contributed by atoms with Crippen LogP contribution in [0.5, 0.6) is 0 Å².